The minimum atomic E-state index is -0.115. The summed E-state index contributed by atoms with van der Waals surface area (Å²) in [6.45, 7) is 6.22. The Morgan fingerprint density at radius 2 is 2.20 bits per heavy atom. The van der Waals surface area contributed by atoms with Crippen molar-refractivity contribution in [2.45, 2.75) is 45.3 Å². The van der Waals surface area contributed by atoms with Gasteiger partial charge in [0.25, 0.3) is 0 Å². The molecule has 0 radical (unpaired) electrons. The first-order valence-electron chi connectivity index (χ1n) is 7.12. The fourth-order valence-corrected chi connectivity index (χ4v) is 2.19. The second kappa shape index (κ2) is 7.23. The van der Waals surface area contributed by atoms with Crippen molar-refractivity contribution in [3.05, 3.63) is 12.7 Å². The van der Waals surface area contributed by atoms with Crippen LogP contribution in [-0.2, 0) is 11.3 Å². The van der Waals surface area contributed by atoms with E-state index in [9.17, 15) is 4.79 Å². The number of hydrogen-bond acceptors (Lipinski definition) is 4. The van der Waals surface area contributed by atoms with Crippen LogP contribution in [0.15, 0.2) is 12.7 Å². The maximum Gasteiger partial charge on any atom is 0.315 e. The summed E-state index contributed by atoms with van der Waals surface area (Å²) >= 11 is 0. The van der Waals surface area contributed by atoms with Crippen molar-refractivity contribution in [3.63, 3.8) is 0 Å². The Hall–Kier alpha value is -1.63. The molecule has 0 spiro atoms. The second-order valence-electron chi connectivity index (χ2n) is 5.47. The van der Waals surface area contributed by atoms with Gasteiger partial charge in [0.1, 0.15) is 12.7 Å². The van der Waals surface area contributed by atoms with E-state index in [0.29, 0.717) is 12.5 Å². The third-order valence-corrected chi connectivity index (χ3v) is 3.53. The van der Waals surface area contributed by atoms with E-state index in [1.165, 1.54) is 6.33 Å². The van der Waals surface area contributed by atoms with Gasteiger partial charge in [0, 0.05) is 19.3 Å². The predicted molar refractivity (Wildman–Crippen MR) is 74.2 cm³/mol. The normalized spacial score (nSPS) is 17.9. The summed E-state index contributed by atoms with van der Waals surface area (Å²) in [5.41, 5.74) is 0. The lowest BCUT2D eigenvalue weighted by molar-refractivity contribution is 0.0798. The Morgan fingerprint density at radius 1 is 1.45 bits per heavy atom. The summed E-state index contributed by atoms with van der Waals surface area (Å²) in [6, 6.07) is 0.121. The molecule has 0 aromatic carbocycles. The zero-order valence-corrected chi connectivity index (χ0v) is 12.1. The lowest BCUT2D eigenvalue weighted by Crippen LogP contribution is -2.50. The number of amides is 2. The van der Waals surface area contributed by atoms with Crippen molar-refractivity contribution in [1.29, 1.82) is 0 Å². The number of hydrogen-bond donors (Lipinski definition) is 2. The fraction of sp³-hybridized carbons (Fsp3) is 0.769. The molecule has 0 bridgehead atoms. The molecule has 7 nitrogen and oxygen atoms in total. The van der Waals surface area contributed by atoms with Gasteiger partial charge in [0.2, 0.25) is 0 Å². The standard InChI is InChI=1S/C13H23N5O2/c1-10(2)12(7-18-9-14-8-15-18)17-13(19)16-11-3-5-20-6-4-11/h8-12H,3-7H2,1-2H3,(H2,16,17,19)/t12-/m1/s1. The smallest absolute Gasteiger partial charge is 0.315 e. The predicted octanol–water partition coefficient (Wildman–Crippen LogP) is 0.781. The van der Waals surface area contributed by atoms with Crippen LogP contribution < -0.4 is 10.6 Å². The van der Waals surface area contributed by atoms with Crippen LogP contribution in [0.3, 0.4) is 0 Å². The molecule has 2 heterocycles. The van der Waals surface area contributed by atoms with Crippen molar-refractivity contribution in [2.24, 2.45) is 5.92 Å². The molecule has 1 atom stereocenters. The first kappa shape index (κ1) is 14.8. The molecule has 20 heavy (non-hydrogen) atoms. The van der Waals surface area contributed by atoms with Crippen LogP contribution in [0.4, 0.5) is 4.79 Å². The van der Waals surface area contributed by atoms with Crippen LogP contribution >= 0.6 is 0 Å². The summed E-state index contributed by atoms with van der Waals surface area (Å²) in [5.74, 6) is 0.319. The van der Waals surface area contributed by atoms with E-state index in [4.69, 9.17) is 4.74 Å². The molecule has 2 rings (SSSR count). The minimum absolute atomic E-state index is 0.0246. The fourth-order valence-electron chi connectivity index (χ4n) is 2.19. The Morgan fingerprint density at radius 3 is 2.80 bits per heavy atom. The summed E-state index contributed by atoms with van der Waals surface area (Å²) < 4.78 is 7.02. The van der Waals surface area contributed by atoms with Gasteiger partial charge in [-0.3, -0.25) is 4.68 Å². The van der Waals surface area contributed by atoms with Gasteiger partial charge in [-0.15, -0.1) is 0 Å². The number of aromatic nitrogens is 3. The SMILES string of the molecule is CC(C)[C@@H](Cn1cncn1)NC(=O)NC1CCOCC1. The average molecular weight is 281 g/mol. The van der Waals surface area contributed by atoms with E-state index in [-0.39, 0.29) is 18.1 Å². The van der Waals surface area contributed by atoms with Crippen LogP contribution in [0, 0.1) is 5.92 Å². The number of nitrogens with zero attached hydrogens (tertiary/aromatic N) is 3. The number of urea groups is 1. The molecule has 1 aliphatic rings. The summed E-state index contributed by atoms with van der Waals surface area (Å²) in [7, 11) is 0. The van der Waals surface area contributed by atoms with Crippen LogP contribution in [0.2, 0.25) is 0 Å². The molecule has 0 aliphatic carbocycles. The highest BCUT2D eigenvalue weighted by molar-refractivity contribution is 5.74. The van der Waals surface area contributed by atoms with E-state index in [0.717, 1.165) is 26.1 Å². The van der Waals surface area contributed by atoms with Crippen molar-refractivity contribution in [1.82, 2.24) is 25.4 Å². The van der Waals surface area contributed by atoms with E-state index in [2.05, 4.69) is 34.6 Å². The van der Waals surface area contributed by atoms with Crippen LogP contribution in [0.25, 0.3) is 0 Å². The molecule has 7 heteroatoms. The van der Waals surface area contributed by atoms with Gasteiger partial charge in [-0.25, -0.2) is 9.78 Å². The van der Waals surface area contributed by atoms with Gasteiger partial charge in [-0.1, -0.05) is 13.8 Å². The molecular weight excluding hydrogens is 258 g/mol. The Balaban J connectivity index is 1.82. The molecule has 1 aromatic heterocycles. The molecule has 0 unspecified atom stereocenters. The molecule has 2 N–H and O–H groups in total. The van der Waals surface area contributed by atoms with Gasteiger partial charge in [-0.05, 0) is 18.8 Å². The second-order valence-corrected chi connectivity index (χ2v) is 5.47. The molecule has 112 valence electrons. The third-order valence-electron chi connectivity index (χ3n) is 3.53. The monoisotopic (exact) mass is 281 g/mol. The summed E-state index contributed by atoms with van der Waals surface area (Å²) in [6.07, 6.45) is 4.92. The van der Waals surface area contributed by atoms with Gasteiger partial charge >= 0.3 is 6.03 Å². The highest BCUT2D eigenvalue weighted by Crippen LogP contribution is 2.07. The van der Waals surface area contributed by atoms with Gasteiger partial charge < -0.3 is 15.4 Å². The van der Waals surface area contributed by atoms with Crippen molar-refractivity contribution in [2.75, 3.05) is 13.2 Å². The van der Waals surface area contributed by atoms with E-state index in [1.807, 2.05) is 0 Å². The van der Waals surface area contributed by atoms with E-state index >= 15 is 0 Å². The first-order valence-corrected chi connectivity index (χ1v) is 7.12. The number of carbonyl (C=O) groups is 1. The Bertz CT molecular complexity index is 401. The van der Waals surface area contributed by atoms with Crippen LogP contribution in [-0.4, -0.2) is 46.1 Å². The van der Waals surface area contributed by atoms with Gasteiger partial charge in [0.05, 0.1) is 12.6 Å². The van der Waals surface area contributed by atoms with Crippen LogP contribution in [0.5, 0.6) is 0 Å². The number of carbonyl (C=O) groups excluding carboxylic acids is 1. The zero-order valence-electron chi connectivity index (χ0n) is 12.1. The van der Waals surface area contributed by atoms with Gasteiger partial charge in [0.15, 0.2) is 0 Å². The lowest BCUT2D eigenvalue weighted by atomic mass is 10.0. The lowest BCUT2D eigenvalue weighted by Gasteiger charge is -2.26. The quantitative estimate of drug-likeness (QED) is 0.835. The summed E-state index contributed by atoms with van der Waals surface area (Å²) in [4.78, 5) is 16.0. The molecule has 1 aromatic rings. The van der Waals surface area contributed by atoms with Crippen LogP contribution in [0.1, 0.15) is 26.7 Å². The summed E-state index contributed by atoms with van der Waals surface area (Å²) in [5, 5.41) is 10.1. The number of ether oxygens (including phenoxy) is 1. The highest BCUT2D eigenvalue weighted by Gasteiger charge is 2.20. The molecular formula is C13H23N5O2. The minimum Gasteiger partial charge on any atom is -0.381 e. The molecule has 1 aliphatic heterocycles. The molecule has 1 fully saturated rings. The maximum atomic E-state index is 12.0. The van der Waals surface area contributed by atoms with Crippen molar-refractivity contribution >= 4 is 6.03 Å². The third kappa shape index (κ3) is 4.48. The maximum absolute atomic E-state index is 12.0. The first-order chi connectivity index (χ1) is 9.65. The number of nitrogens with one attached hydrogen (secondary N) is 2. The average Bonchev–Trinajstić information content (AvgIpc) is 2.92. The molecule has 0 saturated carbocycles. The highest BCUT2D eigenvalue weighted by atomic mass is 16.5. The molecule has 1 saturated heterocycles. The van der Waals surface area contributed by atoms with E-state index in [1.54, 1.807) is 11.0 Å². The zero-order chi connectivity index (χ0) is 14.4. The largest absolute Gasteiger partial charge is 0.381 e. The molecule has 2 amide bonds. The van der Waals surface area contributed by atoms with Crippen molar-refractivity contribution in [3.8, 4) is 0 Å². The number of rotatable bonds is 5. The van der Waals surface area contributed by atoms with Gasteiger partial charge in [-0.2, -0.15) is 5.10 Å². The Kier molecular flexibility index (Phi) is 5.34. The topological polar surface area (TPSA) is 81.1 Å². The Labute approximate surface area is 119 Å². The van der Waals surface area contributed by atoms with Crippen molar-refractivity contribution < 1.29 is 9.53 Å². The van der Waals surface area contributed by atoms with E-state index < -0.39 is 0 Å².